The molecule has 1 aliphatic rings. The molecule has 1 N–H and O–H groups in total. The van der Waals surface area contributed by atoms with Crippen molar-refractivity contribution in [3.8, 4) is 0 Å². The van der Waals surface area contributed by atoms with E-state index in [1.807, 2.05) is 24.3 Å². The van der Waals surface area contributed by atoms with Gasteiger partial charge in [0.2, 0.25) is 0 Å². The second kappa shape index (κ2) is 3.85. The SMILES string of the molecule is CC(C)C/N=C1/C(=O)Nc2ccccc21. The number of carbonyl (C=O) groups excluding carboxylic acids is 1. The molecule has 0 radical (unpaired) electrons. The average molecular weight is 202 g/mol. The normalized spacial score (nSPS) is 17.0. The molecule has 0 aliphatic carbocycles. The molecular weight excluding hydrogens is 188 g/mol. The number of rotatable bonds is 2. The van der Waals surface area contributed by atoms with Crippen LogP contribution in [0.3, 0.4) is 0 Å². The third kappa shape index (κ3) is 1.91. The predicted octanol–water partition coefficient (Wildman–Crippen LogP) is 2.08. The highest BCUT2D eigenvalue weighted by atomic mass is 16.2. The highest BCUT2D eigenvalue weighted by Crippen LogP contribution is 2.22. The lowest BCUT2D eigenvalue weighted by molar-refractivity contribution is -0.110. The first-order valence-corrected chi connectivity index (χ1v) is 5.13. The van der Waals surface area contributed by atoms with Crippen LogP contribution in [0.15, 0.2) is 29.3 Å². The van der Waals surface area contributed by atoms with E-state index in [4.69, 9.17) is 0 Å². The highest BCUT2D eigenvalue weighted by Gasteiger charge is 2.24. The van der Waals surface area contributed by atoms with Crippen molar-refractivity contribution in [2.75, 3.05) is 11.9 Å². The molecule has 0 saturated carbocycles. The summed E-state index contributed by atoms with van der Waals surface area (Å²) < 4.78 is 0. The lowest BCUT2D eigenvalue weighted by Crippen LogP contribution is -2.15. The molecule has 0 spiro atoms. The first-order valence-electron chi connectivity index (χ1n) is 5.13. The summed E-state index contributed by atoms with van der Waals surface area (Å²) in [6.07, 6.45) is 0. The fraction of sp³-hybridized carbons (Fsp3) is 0.333. The number of nitrogens with one attached hydrogen (secondary N) is 1. The van der Waals surface area contributed by atoms with E-state index < -0.39 is 0 Å². The number of nitrogens with zero attached hydrogens (tertiary/aromatic N) is 1. The Morgan fingerprint density at radius 3 is 2.80 bits per heavy atom. The van der Waals surface area contributed by atoms with Crippen LogP contribution in [0.2, 0.25) is 0 Å². The maximum Gasteiger partial charge on any atom is 0.274 e. The average Bonchev–Trinajstić information content (AvgIpc) is 2.50. The van der Waals surface area contributed by atoms with Crippen LogP contribution in [0, 0.1) is 5.92 Å². The predicted molar refractivity (Wildman–Crippen MR) is 61.3 cm³/mol. The molecule has 1 aliphatic heterocycles. The molecule has 0 atom stereocenters. The third-order valence-corrected chi connectivity index (χ3v) is 2.26. The monoisotopic (exact) mass is 202 g/mol. The molecular formula is C12H14N2O. The summed E-state index contributed by atoms with van der Waals surface area (Å²) in [5.41, 5.74) is 2.35. The standard InChI is InChI=1S/C12H14N2O/c1-8(2)7-13-11-9-5-3-4-6-10(9)14-12(11)15/h3-6,8H,7H2,1-2H3,(H,13,14,15). The number of para-hydroxylation sites is 1. The summed E-state index contributed by atoms with van der Waals surface area (Å²) in [6, 6.07) is 7.64. The minimum absolute atomic E-state index is 0.0862. The zero-order chi connectivity index (χ0) is 10.8. The number of benzene rings is 1. The number of aliphatic imine (C=N–C) groups is 1. The van der Waals surface area contributed by atoms with E-state index in [-0.39, 0.29) is 5.91 Å². The van der Waals surface area contributed by atoms with Gasteiger partial charge in [-0.3, -0.25) is 9.79 Å². The summed E-state index contributed by atoms with van der Waals surface area (Å²) in [7, 11) is 0. The van der Waals surface area contributed by atoms with Crippen LogP contribution in [0.5, 0.6) is 0 Å². The fourth-order valence-electron chi connectivity index (χ4n) is 1.53. The largest absolute Gasteiger partial charge is 0.320 e. The maximum absolute atomic E-state index is 11.6. The Morgan fingerprint density at radius 2 is 2.07 bits per heavy atom. The van der Waals surface area contributed by atoms with E-state index in [0.717, 1.165) is 11.3 Å². The Morgan fingerprint density at radius 1 is 1.33 bits per heavy atom. The van der Waals surface area contributed by atoms with E-state index >= 15 is 0 Å². The third-order valence-electron chi connectivity index (χ3n) is 2.26. The number of anilines is 1. The Balaban J connectivity index is 2.33. The molecule has 0 bridgehead atoms. The summed E-state index contributed by atoms with van der Waals surface area (Å²) >= 11 is 0. The molecule has 3 nitrogen and oxygen atoms in total. The van der Waals surface area contributed by atoms with E-state index in [1.54, 1.807) is 0 Å². The minimum atomic E-state index is -0.0862. The smallest absolute Gasteiger partial charge is 0.274 e. The number of hydrogen-bond donors (Lipinski definition) is 1. The van der Waals surface area contributed by atoms with Crippen molar-refractivity contribution in [1.29, 1.82) is 0 Å². The molecule has 3 heteroatoms. The van der Waals surface area contributed by atoms with Gasteiger partial charge in [-0.1, -0.05) is 32.0 Å². The van der Waals surface area contributed by atoms with Crippen molar-refractivity contribution in [2.24, 2.45) is 10.9 Å². The van der Waals surface area contributed by atoms with Crippen LogP contribution in [-0.2, 0) is 4.79 Å². The molecule has 1 aromatic rings. The van der Waals surface area contributed by atoms with Gasteiger partial charge in [0.05, 0.1) is 5.69 Å². The van der Waals surface area contributed by atoms with Gasteiger partial charge >= 0.3 is 0 Å². The van der Waals surface area contributed by atoms with Crippen LogP contribution < -0.4 is 5.32 Å². The van der Waals surface area contributed by atoms with Crippen molar-refractivity contribution in [3.05, 3.63) is 29.8 Å². The zero-order valence-electron chi connectivity index (χ0n) is 8.95. The fourth-order valence-corrected chi connectivity index (χ4v) is 1.53. The van der Waals surface area contributed by atoms with Gasteiger partial charge in [0, 0.05) is 12.1 Å². The van der Waals surface area contributed by atoms with E-state index in [9.17, 15) is 4.79 Å². The van der Waals surface area contributed by atoms with Crippen molar-refractivity contribution >= 4 is 17.3 Å². The number of hydrogen-bond acceptors (Lipinski definition) is 2. The van der Waals surface area contributed by atoms with Crippen molar-refractivity contribution in [1.82, 2.24) is 0 Å². The molecule has 1 heterocycles. The van der Waals surface area contributed by atoms with Crippen LogP contribution in [0.25, 0.3) is 0 Å². The number of amides is 1. The van der Waals surface area contributed by atoms with Gasteiger partial charge in [0.15, 0.2) is 0 Å². The summed E-state index contributed by atoms with van der Waals surface area (Å²) in [5, 5.41) is 2.80. The second-order valence-corrected chi connectivity index (χ2v) is 4.08. The lowest BCUT2D eigenvalue weighted by atomic mass is 10.1. The first-order chi connectivity index (χ1) is 7.18. The lowest BCUT2D eigenvalue weighted by Gasteiger charge is -2.00. The molecule has 15 heavy (non-hydrogen) atoms. The highest BCUT2D eigenvalue weighted by molar-refractivity contribution is 6.53. The Bertz CT molecular complexity index is 421. The van der Waals surface area contributed by atoms with E-state index in [0.29, 0.717) is 18.2 Å². The van der Waals surface area contributed by atoms with Gasteiger partial charge in [-0.15, -0.1) is 0 Å². The molecule has 0 aromatic heterocycles. The topological polar surface area (TPSA) is 41.5 Å². The van der Waals surface area contributed by atoms with Gasteiger partial charge in [0.25, 0.3) is 5.91 Å². The second-order valence-electron chi connectivity index (χ2n) is 4.08. The van der Waals surface area contributed by atoms with Crippen LogP contribution in [-0.4, -0.2) is 18.2 Å². The molecule has 2 rings (SSSR count). The van der Waals surface area contributed by atoms with E-state index in [2.05, 4.69) is 24.2 Å². The minimum Gasteiger partial charge on any atom is -0.320 e. The van der Waals surface area contributed by atoms with Crippen molar-refractivity contribution in [2.45, 2.75) is 13.8 Å². The number of fused-ring (bicyclic) bond motifs is 1. The van der Waals surface area contributed by atoms with Gasteiger partial charge in [-0.25, -0.2) is 0 Å². The maximum atomic E-state index is 11.6. The van der Waals surface area contributed by atoms with Gasteiger partial charge in [-0.05, 0) is 12.0 Å². The summed E-state index contributed by atoms with van der Waals surface area (Å²) in [6.45, 7) is 4.86. The molecule has 0 unspecified atom stereocenters. The molecule has 78 valence electrons. The quantitative estimate of drug-likeness (QED) is 0.783. The molecule has 1 amide bonds. The number of carbonyl (C=O) groups is 1. The van der Waals surface area contributed by atoms with Gasteiger partial charge < -0.3 is 5.32 Å². The Hall–Kier alpha value is -1.64. The van der Waals surface area contributed by atoms with E-state index in [1.165, 1.54) is 0 Å². The zero-order valence-corrected chi connectivity index (χ0v) is 8.95. The molecule has 0 fully saturated rings. The Kier molecular flexibility index (Phi) is 2.54. The van der Waals surface area contributed by atoms with Crippen LogP contribution in [0.1, 0.15) is 19.4 Å². The van der Waals surface area contributed by atoms with Gasteiger partial charge in [-0.2, -0.15) is 0 Å². The molecule has 0 saturated heterocycles. The van der Waals surface area contributed by atoms with Crippen LogP contribution >= 0.6 is 0 Å². The van der Waals surface area contributed by atoms with Crippen molar-refractivity contribution in [3.63, 3.8) is 0 Å². The first kappa shape index (κ1) is 9.90. The van der Waals surface area contributed by atoms with Gasteiger partial charge in [0.1, 0.15) is 5.71 Å². The van der Waals surface area contributed by atoms with Crippen LogP contribution in [0.4, 0.5) is 5.69 Å². The van der Waals surface area contributed by atoms with Crippen molar-refractivity contribution < 1.29 is 4.79 Å². The summed E-state index contributed by atoms with van der Waals surface area (Å²) in [4.78, 5) is 16.0. The summed E-state index contributed by atoms with van der Waals surface area (Å²) in [5.74, 6) is 0.384. The Labute approximate surface area is 89.2 Å². The molecule has 1 aromatic carbocycles.